The Morgan fingerprint density at radius 3 is 2.55 bits per heavy atom. The van der Waals surface area contributed by atoms with E-state index >= 15 is 0 Å². The van der Waals surface area contributed by atoms with Crippen LogP contribution in [0.4, 0.5) is 0 Å². The Labute approximate surface area is 73.8 Å². The first-order valence-corrected chi connectivity index (χ1v) is 4.96. The summed E-state index contributed by atoms with van der Waals surface area (Å²) in [6.07, 6.45) is 2.22. The van der Waals surface area contributed by atoms with E-state index in [-0.39, 0.29) is 0 Å². The number of allylic oxidation sites excluding steroid dienone is 1. The second-order valence-corrected chi connectivity index (χ2v) is 4.15. The molecule has 0 radical (unpaired) electrons. The molecule has 1 saturated carbocycles. The molecule has 2 rings (SSSR count). The zero-order chi connectivity index (χ0) is 8.01. The molecule has 1 heteroatoms. The fourth-order valence-corrected chi connectivity index (χ4v) is 2.89. The first kappa shape index (κ1) is 7.52. The Hall–Kier alpha value is -0.130. The molecule has 0 amide bonds. The average molecular weight is 166 g/mol. The van der Waals surface area contributed by atoms with Gasteiger partial charge in [0.25, 0.3) is 0 Å². The van der Waals surface area contributed by atoms with Gasteiger partial charge in [-0.3, -0.25) is 0 Å². The minimum atomic E-state index is 0.734. The van der Waals surface area contributed by atoms with Crippen LogP contribution in [0.5, 0.6) is 0 Å². The van der Waals surface area contributed by atoms with E-state index in [4.69, 9.17) is 0 Å². The lowest BCUT2D eigenvalue weighted by Gasteiger charge is -2.19. The lowest BCUT2D eigenvalue weighted by atomic mass is 9.87. The second-order valence-electron chi connectivity index (χ2n) is 3.79. The van der Waals surface area contributed by atoms with Gasteiger partial charge in [0.05, 0.1) is 0 Å². The Morgan fingerprint density at radius 1 is 1.55 bits per heavy atom. The van der Waals surface area contributed by atoms with E-state index in [1.54, 1.807) is 5.57 Å². The molecular formula is C10H14S. The molecule has 0 aromatic rings. The van der Waals surface area contributed by atoms with E-state index in [0.29, 0.717) is 0 Å². The van der Waals surface area contributed by atoms with Crippen molar-refractivity contribution in [3.63, 3.8) is 0 Å². The first-order chi connectivity index (χ1) is 5.25. The van der Waals surface area contributed by atoms with E-state index in [1.807, 2.05) is 0 Å². The Morgan fingerprint density at radius 2 is 2.27 bits per heavy atom. The van der Waals surface area contributed by atoms with Crippen LogP contribution < -0.4 is 0 Å². The maximum atomic E-state index is 4.39. The Bertz CT molecular complexity index is 235. The van der Waals surface area contributed by atoms with Gasteiger partial charge in [-0.15, -0.1) is 5.73 Å². The molecule has 0 N–H and O–H groups in total. The van der Waals surface area contributed by atoms with Crippen LogP contribution in [-0.4, -0.2) is 5.75 Å². The van der Waals surface area contributed by atoms with Crippen LogP contribution in [0.1, 0.15) is 13.8 Å². The van der Waals surface area contributed by atoms with Gasteiger partial charge < -0.3 is 0 Å². The van der Waals surface area contributed by atoms with Crippen LogP contribution in [0.2, 0.25) is 0 Å². The zero-order valence-corrected chi connectivity index (χ0v) is 7.94. The van der Waals surface area contributed by atoms with Crippen molar-refractivity contribution in [1.29, 1.82) is 0 Å². The highest BCUT2D eigenvalue weighted by molar-refractivity contribution is 7.80. The smallest absolute Gasteiger partial charge is 0.0170 e. The monoisotopic (exact) mass is 166 g/mol. The van der Waals surface area contributed by atoms with Gasteiger partial charge in [-0.1, -0.05) is 13.8 Å². The third-order valence-corrected chi connectivity index (χ3v) is 3.84. The van der Waals surface area contributed by atoms with Crippen molar-refractivity contribution in [2.24, 2.45) is 23.7 Å². The van der Waals surface area contributed by atoms with E-state index in [9.17, 15) is 0 Å². The van der Waals surface area contributed by atoms with Gasteiger partial charge >= 0.3 is 0 Å². The Balaban J connectivity index is 2.24. The topological polar surface area (TPSA) is 0 Å². The van der Waals surface area contributed by atoms with Gasteiger partial charge in [0.15, 0.2) is 0 Å². The van der Waals surface area contributed by atoms with Crippen LogP contribution in [-0.2, 0) is 0 Å². The molecule has 0 saturated heterocycles. The Kier molecular flexibility index (Phi) is 1.66. The lowest BCUT2D eigenvalue weighted by molar-refractivity contribution is 0.372. The summed E-state index contributed by atoms with van der Waals surface area (Å²) in [5, 5.41) is 0. The van der Waals surface area contributed by atoms with Crippen LogP contribution in [0.25, 0.3) is 0 Å². The fraction of sp³-hybridized carbons (Fsp3) is 0.700. The van der Waals surface area contributed by atoms with Crippen molar-refractivity contribution in [3.8, 4) is 0 Å². The van der Waals surface area contributed by atoms with Crippen molar-refractivity contribution in [2.75, 3.05) is 5.75 Å². The molecule has 0 aromatic carbocycles. The number of fused-ring (bicyclic) bond motifs is 1. The predicted molar refractivity (Wildman–Crippen MR) is 50.8 cm³/mol. The molecule has 11 heavy (non-hydrogen) atoms. The van der Waals surface area contributed by atoms with E-state index < -0.39 is 0 Å². The normalized spacial score (nSPS) is 46.6. The quantitative estimate of drug-likeness (QED) is 0.449. The summed E-state index contributed by atoms with van der Waals surface area (Å²) in [5.41, 5.74) is 4.86. The summed E-state index contributed by atoms with van der Waals surface area (Å²) in [5.74, 6) is 4.10. The van der Waals surface area contributed by atoms with Crippen molar-refractivity contribution in [1.82, 2.24) is 0 Å². The summed E-state index contributed by atoms with van der Waals surface area (Å²) >= 11 is 4.39. The van der Waals surface area contributed by atoms with Crippen molar-refractivity contribution >= 4 is 12.6 Å². The van der Waals surface area contributed by atoms with Crippen molar-refractivity contribution in [3.05, 3.63) is 17.4 Å². The number of hydrogen-bond acceptors (Lipinski definition) is 1. The summed E-state index contributed by atoms with van der Waals surface area (Å²) in [6.45, 7) is 4.66. The maximum Gasteiger partial charge on any atom is 0.0170 e. The fourth-order valence-electron chi connectivity index (χ4n) is 2.33. The zero-order valence-electron chi connectivity index (χ0n) is 7.04. The van der Waals surface area contributed by atoms with Gasteiger partial charge in [0.1, 0.15) is 0 Å². The van der Waals surface area contributed by atoms with E-state index in [2.05, 4.69) is 38.3 Å². The van der Waals surface area contributed by atoms with Crippen molar-refractivity contribution < 1.29 is 0 Å². The van der Waals surface area contributed by atoms with Crippen molar-refractivity contribution in [2.45, 2.75) is 13.8 Å². The molecule has 0 spiro atoms. The third kappa shape index (κ3) is 0.847. The number of hydrogen-bond donors (Lipinski definition) is 1. The van der Waals surface area contributed by atoms with Gasteiger partial charge in [0.2, 0.25) is 0 Å². The number of thiol groups is 1. The van der Waals surface area contributed by atoms with E-state index in [1.165, 1.54) is 0 Å². The van der Waals surface area contributed by atoms with Gasteiger partial charge in [-0.05, 0) is 35.2 Å². The largest absolute Gasteiger partial charge is 0.179 e. The highest BCUT2D eigenvalue weighted by Gasteiger charge is 2.42. The molecule has 2 aliphatic carbocycles. The van der Waals surface area contributed by atoms with Crippen LogP contribution in [0.3, 0.4) is 0 Å². The molecule has 0 aromatic heterocycles. The molecule has 4 unspecified atom stereocenters. The van der Waals surface area contributed by atoms with E-state index in [0.717, 1.165) is 29.4 Å². The van der Waals surface area contributed by atoms with Gasteiger partial charge in [0, 0.05) is 5.92 Å². The molecule has 60 valence electrons. The molecule has 0 bridgehead atoms. The SMILES string of the molecule is CC1C2=C=CC2C(CS)C1C. The average Bonchev–Trinajstić information content (AvgIpc) is 2.09. The molecule has 0 aliphatic heterocycles. The molecule has 4 atom stereocenters. The minimum absolute atomic E-state index is 0.734. The molecule has 0 nitrogen and oxygen atoms in total. The summed E-state index contributed by atoms with van der Waals surface area (Å²) < 4.78 is 0. The molecule has 0 heterocycles. The first-order valence-electron chi connectivity index (χ1n) is 4.33. The van der Waals surface area contributed by atoms with Crippen LogP contribution >= 0.6 is 12.6 Å². The van der Waals surface area contributed by atoms with Gasteiger partial charge in [-0.25, -0.2) is 0 Å². The highest BCUT2D eigenvalue weighted by Crippen LogP contribution is 2.49. The predicted octanol–water partition coefficient (Wildman–Crippen LogP) is 2.53. The summed E-state index contributed by atoms with van der Waals surface area (Å²) in [4.78, 5) is 0. The number of rotatable bonds is 1. The third-order valence-electron chi connectivity index (χ3n) is 3.42. The molecule has 2 aliphatic rings. The van der Waals surface area contributed by atoms with Crippen LogP contribution in [0.15, 0.2) is 17.4 Å². The second kappa shape index (κ2) is 2.43. The van der Waals surface area contributed by atoms with Crippen LogP contribution in [0, 0.1) is 23.7 Å². The maximum absolute atomic E-state index is 4.39. The highest BCUT2D eigenvalue weighted by atomic mass is 32.1. The van der Waals surface area contributed by atoms with Gasteiger partial charge in [-0.2, -0.15) is 12.6 Å². The standard InChI is InChI=1S/C10H14S/c1-6-7(2)10(5-11)9-4-3-8(6)9/h4,6-7,9-11H,5H2,1-2H3. The summed E-state index contributed by atoms with van der Waals surface area (Å²) in [6, 6.07) is 0. The lowest BCUT2D eigenvalue weighted by Crippen LogP contribution is -2.15. The molecule has 1 fully saturated rings. The summed E-state index contributed by atoms with van der Waals surface area (Å²) in [7, 11) is 0. The molecular weight excluding hydrogens is 152 g/mol. The minimum Gasteiger partial charge on any atom is -0.179 e.